The van der Waals surface area contributed by atoms with Crippen molar-refractivity contribution in [1.82, 2.24) is 18.6 Å². The third kappa shape index (κ3) is 6.01. The summed E-state index contributed by atoms with van der Waals surface area (Å²) >= 11 is 0. The van der Waals surface area contributed by atoms with Gasteiger partial charge in [-0.05, 0) is 45.8 Å². The van der Waals surface area contributed by atoms with Crippen molar-refractivity contribution in [2.75, 3.05) is 68.8 Å². The second-order valence-corrected chi connectivity index (χ2v) is 15.7. The number of hydrogen-bond donors (Lipinski definition) is 1. The molecule has 2 aliphatic heterocycles. The molecule has 248 valence electrons. The highest BCUT2D eigenvalue weighted by molar-refractivity contribution is 7.89. The Balaban J connectivity index is 1.06. The number of piperazine rings is 2. The zero-order chi connectivity index (χ0) is 33.5. The van der Waals surface area contributed by atoms with E-state index in [1.165, 1.54) is 14.8 Å². The van der Waals surface area contributed by atoms with Gasteiger partial charge in [0.1, 0.15) is 12.4 Å². The Labute approximate surface area is 279 Å². The Morgan fingerprint density at radius 1 is 0.625 bits per heavy atom. The highest BCUT2D eigenvalue weighted by Crippen LogP contribution is 2.28. The first kappa shape index (κ1) is 32.1. The first-order valence-electron chi connectivity index (χ1n) is 15.6. The number of carbonyl (C=O) groups excluding carboxylic acids is 1. The second kappa shape index (κ2) is 12.9. The van der Waals surface area contributed by atoms with Gasteiger partial charge in [0.25, 0.3) is 0 Å². The lowest BCUT2D eigenvalue weighted by Gasteiger charge is -2.37. The highest BCUT2D eigenvalue weighted by atomic mass is 32.2. The molecule has 7 rings (SSSR count). The fourth-order valence-electron chi connectivity index (χ4n) is 6.26. The number of hydrogen-bond acceptors (Lipinski definition) is 10. The van der Waals surface area contributed by atoms with Gasteiger partial charge in [0.05, 0.1) is 15.4 Å². The molecule has 5 aromatic rings. The van der Waals surface area contributed by atoms with Crippen LogP contribution in [0.3, 0.4) is 0 Å². The molecule has 0 atom stereocenters. The van der Waals surface area contributed by atoms with Crippen molar-refractivity contribution in [1.29, 1.82) is 0 Å². The van der Waals surface area contributed by atoms with Gasteiger partial charge in [-0.15, -0.1) is 0 Å². The number of Topliss-reactive ketones (excluding diaryl/α,β-unsaturated/α-hetero) is 1. The van der Waals surface area contributed by atoms with Crippen LogP contribution in [0.2, 0.25) is 0 Å². The van der Waals surface area contributed by atoms with Crippen LogP contribution in [0.25, 0.3) is 21.5 Å². The number of rotatable bonds is 8. The number of aromatic nitrogens is 2. The average molecular weight is 687 g/mol. The van der Waals surface area contributed by atoms with E-state index >= 15 is 0 Å². The summed E-state index contributed by atoms with van der Waals surface area (Å²) < 4.78 is 57.0. The van der Waals surface area contributed by atoms with Crippen molar-refractivity contribution in [3.05, 3.63) is 96.7 Å². The molecule has 12 nitrogen and oxygen atoms in total. The Hall–Kier alpha value is -4.47. The molecule has 4 aromatic carbocycles. The molecule has 2 fully saturated rings. The zero-order valence-corrected chi connectivity index (χ0v) is 27.6. The van der Waals surface area contributed by atoms with Crippen molar-refractivity contribution in [3.8, 4) is 0 Å². The molecule has 0 aliphatic carbocycles. The van der Waals surface area contributed by atoms with Crippen LogP contribution in [0.1, 0.15) is 10.4 Å². The number of sulfonamides is 2. The van der Waals surface area contributed by atoms with Crippen LogP contribution in [0.4, 0.5) is 11.8 Å². The van der Waals surface area contributed by atoms with Crippen LogP contribution in [0, 0.1) is 0 Å². The minimum absolute atomic E-state index is 0.143. The lowest BCUT2D eigenvalue weighted by Crippen LogP contribution is -2.50. The highest BCUT2D eigenvalue weighted by Gasteiger charge is 2.33. The molecule has 48 heavy (non-hydrogen) atoms. The summed E-state index contributed by atoms with van der Waals surface area (Å²) in [6, 6.07) is 25.4. The first-order chi connectivity index (χ1) is 23.1. The molecule has 0 radical (unpaired) electrons. The number of fused-ring (bicyclic) bond motifs is 2. The van der Waals surface area contributed by atoms with Gasteiger partial charge in [0.15, 0.2) is 5.78 Å². The standard InChI is InChI=1S/C34H34N6O6S2/c41-24-32(42)31-23-35-34(38-15-19-40(20-16-38)48(45,46)30-12-10-26-6-2-4-8-28(26)22-30)36-33(31)37-13-17-39(18-14-37)47(43,44)29-11-9-25-5-1-3-7-27(25)21-29/h1-12,21-23,41H,13-20,24H2. The van der Waals surface area contributed by atoms with Gasteiger partial charge in [-0.1, -0.05) is 60.7 Å². The summed E-state index contributed by atoms with van der Waals surface area (Å²) in [5, 5.41) is 13.3. The van der Waals surface area contributed by atoms with Crippen molar-refractivity contribution in [3.63, 3.8) is 0 Å². The number of benzene rings is 4. The maximum Gasteiger partial charge on any atom is 0.243 e. The summed E-state index contributed by atoms with van der Waals surface area (Å²) in [6.45, 7) is 1.26. The normalized spacial score (nSPS) is 16.9. The number of nitrogens with zero attached hydrogens (tertiary/aromatic N) is 6. The minimum atomic E-state index is -3.76. The maximum atomic E-state index is 13.5. The van der Waals surface area contributed by atoms with Crippen LogP contribution in [-0.4, -0.2) is 105 Å². The van der Waals surface area contributed by atoms with E-state index in [0.29, 0.717) is 24.9 Å². The van der Waals surface area contributed by atoms with Gasteiger partial charge < -0.3 is 14.9 Å². The largest absolute Gasteiger partial charge is 0.388 e. The maximum absolute atomic E-state index is 13.5. The van der Waals surface area contributed by atoms with Gasteiger partial charge in [-0.25, -0.2) is 21.8 Å². The molecule has 2 saturated heterocycles. The molecule has 0 amide bonds. The van der Waals surface area contributed by atoms with E-state index in [9.17, 15) is 26.7 Å². The van der Waals surface area contributed by atoms with Gasteiger partial charge in [0.2, 0.25) is 26.0 Å². The predicted octanol–water partition coefficient (Wildman–Crippen LogP) is 2.98. The van der Waals surface area contributed by atoms with Gasteiger partial charge >= 0.3 is 0 Å². The summed E-state index contributed by atoms with van der Waals surface area (Å²) in [5.41, 5.74) is 0.143. The summed E-state index contributed by atoms with van der Waals surface area (Å²) in [5.74, 6) is 0.0931. The van der Waals surface area contributed by atoms with E-state index in [0.717, 1.165) is 21.5 Å². The van der Waals surface area contributed by atoms with Crippen molar-refractivity contribution < 1.29 is 26.7 Å². The molecular weight excluding hydrogens is 653 g/mol. The zero-order valence-electron chi connectivity index (χ0n) is 26.0. The van der Waals surface area contributed by atoms with E-state index in [2.05, 4.69) is 4.98 Å². The van der Waals surface area contributed by atoms with Crippen LogP contribution in [-0.2, 0) is 20.0 Å². The van der Waals surface area contributed by atoms with Crippen LogP contribution in [0.5, 0.6) is 0 Å². The van der Waals surface area contributed by atoms with Crippen molar-refractivity contribution in [2.45, 2.75) is 9.79 Å². The Morgan fingerprint density at radius 2 is 1.08 bits per heavy atom. The predicted molar refractivity (Wildman–Crippen MR) is 183 cm³/mol. The smallest absolute Gasteiger partial charge is 0.243 e. The van der Waals surface area contributed by atoms with E-state index in [-0.39, 0.29) is 54.6 Å². The average Bonchev–Trinajstić information content (AvgIpc) is 3.14. The summed E-state index contributed by atoms with van der Waals surface area (Å²) in [7, 11) is -7.48. The lowest BCUT2D eigenvalue weighted by atomic mass is 10.1. The Kier molecular flexibility index (Phi) is 8.60. The molecule has 0 bridgehead atoms. The third-order valence-electron chi connectivity index (χ3n) is 8.98. The molecule has 0 unspecified atom stereocenters. The van der Waals surface area contributed by atoms with Crippen LogP contribution in [0.15, 0.2) is 101 Å². The van der Waals surface area contributed by atoms with Crippen molar-refractivity contribution >= 4 is 59.1 Å². The summed E-state index contributed by atoms with van der Waals surface area (Å²) in [4.78, 5) is 26.0. The van der Waals surface area contributed by atoms with Crippen molar-refractivity contribution in [2.24, 2.45) is 0 Å². The molecule has 0 spiro atoms. The SMILES string of the molecule is O=C(CO)c1cnc(N2CCN(S(=O)(=O)c3ccc4ccccc4c3)CC2)nc1N1CCN(S(=O)(=O)c2ccc3ccccc3c2)CC1. The fraction of sp³-hybridized carbons (Fsp3) is 0.265. The number of aliphatic hydroxyl groups is 1. The first-order valence-corrected chi connectivity index (χ1v) is 18.5. The van der Waals surface area contributed by atoms with Gasteiger partial charge in [0, 0.05) is 58.6 Å². The van der Waals surface area contributed by atoms with Crippen LogP contribution >= 0.6 is 0 Å². The topological polar surface area (TPSA) is 144 Å². The molecular formula is C34H34N6O6S2. The monoisotopic (exact) mass is 686 g/mol. The van der Waals surface area contributed by atoms with Gasteiger partial charge in [-0.3, -0.25) is 4.79 Å². The Morgan fingerprint density at radius 3 is 1.56 bits per heavy atom. The summed E-state index contributed by atoms with van der Waals surface area (Å²) in [6.07, 6.45) is 1.38. The van der Waals surface area contributed by atoms with Crippen LogP contribution < -0.4 is 9.80 Å². The molecule has 14 heteroatoms. The molecule has 1 N–H and O–H groups in total. The quantitative estimate of drug-likeness (QED) is 0.242. The minimum Gasteiger partial charge on any atom is -0.388 e. The van der Waals surface area contributed by atoms with E-state index in [1.54, 1.807) is 30.3 Å². The van der Waals surface area contributed by atoms with E-state index in [4.69, 9.17) is 4.98 Å². The fourth-order valence-corrected chi connectivity index (χ4v) is 9.18. The number of ketones is 1. The van der Waals surface area contributed by atoms with E-state index in [1.807, 2.05) is 64.4 Å². The molecule has 1 aromatic heterocycles. The number of anilines is 2. The van der Waals surface area contributed by atoms with Gasteiger partial charge in [-0.2, -0.15) is 13.6 Å². The van der Waals surface area contributed by atoms with E-state index < -0.39 is 32.4 Å². The lowest BCUT2D eigenvalue weighted by molar-refractivity contribution is 0.0903. The molecule has 2 aliphatic rings. The number of carbonyl (C=O) groups is 1. The third-order valence-corrected chi connectivity index (χ3v) is 12.8. The number of aliphatic hydroxyl groups excluding tert-OH is 1. The second-order valence-electron chi connectivity index (χ2n) is 11.8. The molecule has 0 saturated carbocycles. The Bertz CT molecular complexity index is 2230. The molecule has 3 heterocycles.